The SMILES string of the molecule is CCN(CC1CCC1)c1nc(C)nc(NN)c1C. The minimum atomic E-state index is 0.726. The van der Waals surface area contributed by atoms with Gasteiger partial charge >= 0.3 is 0 Å². The van der Waals surface area contributed by atoms with Crippen molar-refractivity contribution in [3.63, 3.8) is 0 Å². The molecule has 1 aromatic rings. The molecule has 5 heteroatoms. The number of rotatable bonds is 5. The van der Waals surface area contributed by atoms with Crippen molar-refractivity contribution in [1.29, 1.82) is 0 Å². The van der Waals surface area contributed by atoms with E-state index in [-0.39, 0.29) is 0 Å². The topological polar surface area (TPSA) is 67.1 Å². The average molecular weight is 249 g/mol. The lowest BCUT2D eigenvalue weighted by molar-refractivity contribution is 0.318. The van der Waals surface area contributed by atoms with Crippen molar-refractivity contribution < 1.29 is 0 Å². The van der Waals surface area contributed by atoms with E-state index in [1.54, 1.807) is 0 Å². The number of anilines is 2. The van der Waals surface area contributed by atoms with Gasteiger partial charge < -0.3 is 10.3 Å². The first kappa shape index (κ1) is 13.1. The second-order valence-electron chi connectivity index (χ2n) is 5.05. The van der Waals surface area contributed by atoms with Crippen LogP contribution >= 0.6 is 0 Å². The highest BCUT2D eigenvalue weighted by atomic mass is 15.3. The zero-order valence-electron chi connectivity index (χ0n) is 11.5. The lowest BCUT2D eigenvalue weighted by Crippen LogP contribution is -2.34. The summed E-state index contributed by atoms with van der Waals surface area (Å²) in [6, 6.07) is 0. The Morgan fingerprint density at radius 3 is 2.56 bits per heavy atom. The van der Waals surface area contributed by atoms with Gasteiger partial charge in [-0.2, -0.15) is 0 Å². The molecule has 1 aliphatic rings. The van der Waals surface area contributed by atoms with Crippen molar-refractivity contribution >= 4 is 11.6 Å². The second-order valence-corrected chi connectivity index (χ2v) is 5.05. The van der Waals surface area contributed by atoms with Crippen molar-refractivity contribution in [2.24, 2.45) is 11.8 Å². The van der Waals surface area contributed by atoms with Crippen molar-refractivity contribution in [3.8, 4) is 0 Å². The van der Waals surface area contributed by atoms with Gasteiger partial charge in [0.1, 0.15) is 17.5 Å². The molecular formula is C13H23N5. The van der Waals surface area contributed by atoms with Crippen LogP contribution in [-0.2, 0) is 0 Å². The second kappa shape index (κ2) is 5.52. The Hall–Kier alpha value is -1.36. The Morgan fingerprint density at radius 1 is 1.33 bits per heavy atom. The number of hydrazine groups is 1. The highest BCUT2D eigenvalue weighted by Crippen LogP contribution is 2.30. The molecular weight excluding hydrogens is 226 g/mol. The Labute approximate surface area is 109 Å². The number of nitrogens with zero attached hydrogens (tertiary/aromatic N) is 3. The van der Waals surface area contributed by atoms with Crippen LogP contribution in [0.2, 0.25) is 0 Å². The molecule has 18 heavy (non-hydrogen) atoms. The largest absolute Gasteiger partial charge is 0.356 e. The molecule has 0 aromatic carbocycles. The summed E-state index contributed by atoms with van der Waals surface area (Å²) in [5.74, 6) is 8.84. The summed E-state index contributed by atoms with van der Waals surface area (Å²) in [6.07, 6.45) is 4.07. The molecule has 1 heterocycles. The summed E-state index contributed by atoms with van der Waals surface area (Å²) >= 11 is 0. The van der Waals surface area contributed by atoms with E-state index in [0.717, 1.165) is 42.0 Å². The Morgan fingerprint density at radius 2 is 2.06 bits per heavy atom. The van der Waals surface area contributed by atoms with E-state index >= 15 is 0 Å². The fraction of sp³-hybridized carbons (Fsp3) is 0.692. The lowest BCUT2D eigenvalue weighted by Gasteiger charge is -2.33. The van der Waals surface area contributed by atoms with E-state index < -0.39 is 0 Å². The van der Waals surface area contributed by atoms with E-state index in [1.165, 1.54) is 19.3 Å². The standard InChI is InChI=1S/C13H23N5/c1-4-18(8-11-6-5-7-11)13-9(2)12(17-14)15-10(3)16-13/h11H,4-8,14H2,1-3H3,(H,15,16,17). The molecule has 0 saturated heterocycles. The highest BCUT2D eigenvalue weighted by Gasteiger charge is 2.22. The van der Waals surface area contributed by atoms with E-state index in [2.05, 4.69) is 27.2 Å². The minimum Gasteiger partial charge on any atom is -0.356 e. The normalized spacial score (nSPS) is 15.3. The molecule has 100 valence electrons. The molecule has 0 unspecified atom stereocenters. The van der Waals surface area contributed by atoms with Gasteiger partial charge in [-0.25, -0.2) is 15.8 Å². The maximum Gasteiger partial charge on any atom is 0.148 e. The van der Waals surface area contributed by atoms with E-state index in [4.69, 9.17) is 5.84 Å². The van der Waals surface area contributed by atoms with Crippen LogP contribution in [-0.4, -0.2) is 23.1 Å². The fourth-order valence-corrected chi connectivity index (χ4v) is 2.41. The van der Waals surface area contributed by atoms with Crippen molar-refractivity contribution in [3.05, 3.63) is 11.4 Å². The number of hydrogen-bond acceptors (Lipinski definition) is 5. The summed E-state index contributed by atoms with van der Waals surface area (Å²) in [4.78, 5) is 11.2. The molecule has 5 nitrogen and oxygen atoms in total. The Balaban J connectivity index is 2.25. The molecule has 3 N–H and O–H groups in total. The monoisotopic (exact) mass is 249 g/mol. The first-order valence-electron chi connectivity index (χ1n) is 6.72. The van der Waals surface area contributed by atoms with Gasteiger partial charge in [0.05, 0.1) is 0 Å². The number of nitrogen functional groups attached to an aromatic ring is 1. The van der Waals surface area contributed by atoms with Crippen molar-refractivity contribution in [2.75, 3.05) is 23.4 Å². The van der Waals surface area contributed by atoms with Gasteiger partial charge in [-0.1, -0.05) is 6.42 Å². The van der Waals surface area contributed by atoms with Gasteiger partial charge in [0.2, 0.25) is 0 Å². The highest BCUT2D eigenvalue weighted by molar-refractivity contribution is 5.58. The van der Waals surface area contributed by atoms with Crippen LogP contribution in [0.25, 0.3) is 0 Å². The molecule has 0 bridgehead atoms. The van der Waals surface area contributed by atoms with Gasteiger partial charge in [0.15, 0.2) is 0 Å². The zero-order chi connectivity index (χ0) is 13.1. The molecule has 0 radical (unpaired) electrons. The van der Waals surface area contributed by atoms with Crippen LogP contribution < -0.4 is 16.2 Å². The predicted molar refractivity (Wildman–Crippen MR) is 74.5 cm³/mol. The summed E-state index contributed by atoms with van der Waals surface area (Å²) < 4.78 is 0. The van der Waals surface area contributed by atoms with Gasteiger partial charge in [-0.15, -0.1) is 0 Å². The molecule has 0 aliphatic heterocycles. The molecule has 1 saturated carbocycles. The first-order valence-corrected chi connectivity index (χ1v) is 6.72. The van der Waals surface area contributed by atoms with Crippen LogP contribution in [0.1, 0.15) is 37.6 Å². The van der Waals surface area contributed by atoms with Crippen LogP contribution in [0.4, 0.5) is 11.6 Å². The number of hydrogen-bond donors (Lipinski definition) is 2. The van der Waals surface area contributed by atoms with E-state index in [1.807, 2.05) is 13.8 Å². The third-order valence-corrected chi connectivity index (χ3v) is 3.75. The summed E-state index contributed by atoms with van der Waals surface area (Å²) in [6.45, 7) is 8.16. The van der Waals surface area contributed by atoms with Gasteiger partial charge in [0.25, 0.3) is 0 Å². The Kier molecular flexibility index (Phi) is 4.01. The van der Waals surface area contributed by atoms with Gasteiger partial charge in [-0.3, -0.25) is 0 Å². The van der Waals surface area contributed by atoms with Gasteiger partial charge in [-0.05, 0) is 39.5 Å². The predicted octanol–water partition coefficient (Wildman–Crippen LogP) is 2.01. The molecule has 1 aromatic heterocycles. The molecule has 0 atom stereocenters. The number of nitrogens with two attached hydrogens (primary N) is 1. The van der Waals surface area contributed by atoms with E-state index in [0.29, 0.717) is 0 Å². The minimum absolute atomic E-state index is 0.726. The summed E-state index contributed by atoms with van der Waals surface area (Å²) in [7, 11) is 0. The molecule has 0 spiro atoms. The number of nitrogens with one attached hydrogen (secondary N) is 1. The van der Waals surface area contributed by atoms with Crippen LogP contribution in [0.5, 0.6) is 0 Å². The molecule has 0 amide bonds. The first-order chi connectivity index (χ1) is 8.65. The van der Waals surface area contributed by atoms with Crippen molar-refractivity contribution in [1.82, 2.24) is 9.97 Å². The van der Waals surface area contributed by atoms with E-state index in [9.17, 15) is 0 Å². The molecule has 1 fully saturated rings. The molecule has 2 rings (SSSR count). The van der Waals surface area contributed by atoms with Gasteiger partial charge in [0, 0.05) is 18.7 Å². The number of aryl methyl sites for hydroxylation is 1. The third kappa shape index (κ3) is 2.56. The maximum atomic E-state index is 5.51. The third-order valence-electron chi connectivity index (χ3n) is 3.75. The number of aromatic nitrogens is 2. The van der Waals surface area contributed by atoms with Crippen LogP contribution in [0.15, 0.2) is 0 Å². The smallest absolute Gasteiger partial charge is 0.148 e. The molecule has 1 aliphatic carbocycles. The lowest BCUT2D eigenvalue weighted by atomic mass is 9.85. The summed E-state index contributed by atoms with van der Waals surface area (Å²) in [5, 5.41) is 0. The quantitative estimate of drug-likeness (QED) is 0.617. The zero-order valence-corrected chi connectivity index (χ0v) is 11.5. The van der Waals surface area contributed by atoms with Crippen LogP contribution in [0.3, 0.4) is 0 Å². The fourth-order valence-electron chi connectivity index (χ4n) is 2.41. The van der Waals surface area contributed by atoms with Crippen molar-refractivity contribution in [2.45, 2.75) is 40.0 Å². The van der Waals surface area contributed by atoms with Crippen LogP contribution in [0, 0.1) is 19.8 Å². The maximum absolute atomic E-state index is 5.51. The average Bonchev–Trinajstić information content (AvgIpc) is 2.31. The Bertz CT molecular complexity index is 414. The summed E-state index contributed by atoms with van der Waals surface area (Å²) in [5.41, 5.74) is 3.69.